The molecule has 1 aromatic carbocycles. The highest BCUT2D eigenvalue weighted by Crippen LogP contribution is 2.31. The topological polar surface area (TPSA) is 77.4 Å². The third kappa shape index (κ3) is 3.15. The summed E-state index contributed by atoms with van der Waals surface area (Å²) in [5.41, 5.74) is 2.41. The molecule has 1 aliphatic heterocycles. The first-order valence-corrected chi connectivity index (χ1v) is 7.70. The lowest BCUT2D eigenvalue weighted by molar-refractivity contribution is -0.122. The van der Waals surface area contributed by atoms with E-state index in [0.29, 0.717) is 13.2 Å². The number of hydrogen-bond acceptors (Lipinski definition) is 5. The van der Waals surface area contributed by atoms with Crippen LogP contribution in [-0.2, 0) is 9.53 Å². The van der Waals surface area contributed by atoms with Gasteiger partial charge in [-0.15, -0.1) is 0 Å². The molecule has 0 aromatic heterocycles. The normalized spacial score (nSPS) is 18.2. The third-order valence-corrected chi connectivity index (χ3v) is 4.28. The maximum Gasteiger partial charge on any atom is 0.227 e. The van der Waals surface area contributed by atoms with E-state index < -0.39 is 0 Å². The first-order chi connectivity index (χ1) is 10.8. The number of hydrogen-bond donors (Lipinski definition) is 2. The zero-order chi connectivity index (χ0) is 15.4. The molecular weight excluding hydrogens is 280 g/mol. The number of nitriles is 1. The molecule has 22 heavy (non-hydrogen) atoms. The number of rotatable bonds is 4. The zero-order valence-electron chi connectivity index (χ0n) is 12.5. The quantitative estimate of drug-likeness (QED) is 0.658. The number of carbonyl (C=O) groups excluding carboxylic acids is 1. The van der Waals surface area contributed by atoms with Gasteiger partial charge < -0.3 is 15.0 Å². The van der Waals surface area contributed by atoms with E-state index >= 15 is 0 Å². The first-order valence-electron chi connectivity index (χ1n) is 7.70. The Morgan fingerprint density at radius 1 is 1.32 bits per heavy atom. The van der Waals surface area contributed by atoms with Crippen molar-refractivity contribution in [2.24, 2.45) is 5.92 Å². The Hall–Kier alpha value is -2.26. The number of morpholine rings is 1. The van der Waals surface area contributed by atoms with Gasteiger partial charge in [-0.2, -0.15) is 5.26 Å². The van der Waals surface area contributed by atoms with Gasteiger partial charge in [0.1, 0.15) is 0 Å². The van der Waals surface area contributed by atoms with Crippen molar-refractivity contribution in [2.45, 2.75) is 19.3 Å². The minimum absolute atomic E-state index is 0.0771. The van der Waals surface area contributed by atoms with E-state index in [1.807, 2.05) is 24.4 Å². The van der Waals surface area contributed by atoms with E-state index in [1.54, 1.807) is 0 Å². The summed E-state index contributed by atoms with van der Waals surface area (Å²) in [6.07, 6.45) is 5.05. The fourth-order valence-corrected chi connectivity index (χ4v) is 2.77. The van der Waals surface area contributed by atoms with E-state index in [2.05, 4.69) is 15.5 Å². The van der Waals surface area contributed by atoms with Crippen LogP contribution in [0.2, 0.25) is 0 Å². The summed E-state index contributed by atoms with van der Waals surface area (Å²) in [6.45, 7) is 2.97. The van der Waals surface area contributed by atoms with E-state index in [0.717, 1.165) is 49.4 Å². The average Bonchev–Trinajstić information content (AvgIpc) is 2.47. The smallest absolute Gasteiger partial charge is 0.227 e. The summed E-state index contributed by atoms with van der Waals surface area (Å²) in [5, 5.41) is 14.6. The predicted octanol–water partition coefficient (Wildman–Crippen LogP) is 2.15. The number of benzene rings is 1. The van der Waals surface area contributed by atoms with Crippen LogP contribution in [0.5, 0.6) is 0 Å². The highest BCUT2D eigenvalue weighted by Gasteiger charge is 2.25. The molecular formula is C16H20N4O2. The lowest BCUT2D eigenvalue weighted by atomic mass is 9.85. The fraction of sp³-hybridized carbons (Fsp3) is 0.500. The number of nitrogens with one attached hydrogen (secondary N) is 2. The van der Waals surface area contributed by atoms with Crippen LogP contribution in [0.15, 0.2) is 18.2 Å². The molecule has 6 nitrogen and oxygen atoms in total. The minimum atomic E-state index is 0.0771. The molecule has 0 radical (unpaired) electrons. The summed E-state index contributed by atoms with van der Waals surface area (Å²) < 4.78 is 5.36. The van der Waals surface area contributed by atoms with Crippen molar-refractivity contribution in [3.8, 4) is 6.19 Å². The molecule has 1 aliphatic carbocycles. The standard InChI is InChI=1S/C16H20N4O2/c17-11-18-14-10-13(19-16(21)12-2-1-3-12)4-5-15(14)20-6-8-22-9-7-20/h4-5,10,12,18H,1-3,6-9H2,(H,19,21). The van der Waals surface area contributed by atoms with Crippen molar-refractivity contribution in [1.29, 1.82) is 5.26 Å². The number of carbonyl (C=O) groups is 1. The largest absolute Gasteiger partial charge is 0.378 e. The van der Waals surface area contributed by atoms with E-state index in [-0.39, 0.29) is 11.8 Å². The lowest BCUT2D eigenvalue weighted by Gasteiger charge is -2.30. The van der Waals surface area contributed by atoms with Gasteiger partial charge in [0, 0.05) is 24.7 Å². The molecule has 0 unspecified atom stereocenters. The van der Waals surface area contributed by atoms with Crippen LogP contribution >= 0.6 is 0 Å². The molecule has 2 N–H and O–H groups in total. The van der Waals surface area contributed by atoms with Crippen LogP contribution in [0.1, 0.15) is 19.3 Å². The van der Waals surface area contributed by atoms with Crippen molar-refractivity contribution in [3.05, 3.63) is 18.2 Å². The molecule has 116 valence electrons. The Bertz CT molecular complexity index is 586. The molecule has 0 spiro atoms. The number of nitrogens with zero attached hydrogens (tertiary/aromatic N) is 2. The molecule has 3 rings (SSSR count). The summed E-state index contributed by atoms with van der Waals surface area (Å²) >= 11 is 0. The van der Waals surface area contributed by atoms with Crippen molar-refractivity contribution in [2.75, 3.05) is 41.8 Å². The van der Waals surface area contributed by atoms with Crippen molar-refractivity contribution in [3.63, 3.8) is 0 Å². The molecule has 2 fully saturated rings. The van der Waals surface area contributed by atoms with Gasteiger partial charge in [-0.25, -0.2) is 0 Å². The van der Waals surface area contributed by atoms with Gasteiger partial charge in [-0.1, -0.05) is 6.42 Å². The molecule has 1 amide bonds. The molecule has 2 aliphatic rings. The molecule has 6 heteroatoms. The van der Waals surface area contributed by atoms with Crippen molar-refractivity contribution >= 4 is 23.0 Å². The summed E-state index contributed by atoms with van der Waals surface area (Å²) in [4.78, 5) is 14.2. The van der Waals surface area contributed by atoms with E-state index in [1.165, 1.54) is 0 Å². The second-order valence-electron chi connectivity index (χ2n) is 5.69. The maximum atomic E-state index is 12.0. The van der Waals surface area contributed by atoms with Crippen LogP contribution in [0.25, 0.3) is 0 Å². The van der Waals surface area contributed by atoms with Crippen molar-refractivity contribution < 1.29 is 9.53 Å². The second-order valence-corrected chi connectivity index (χ2v) is 5.69. The number of amides is 1. The zero-order valence-corrected chi connectivity index (χ0v) is 12.5. The second kappa shape index (κ2) is 6.67. The minimum Gasteiger partial charge on any atom is -0.378 e. The number of anilines is 3. The Balaban J connectivity index is 1.76. The SMILES string of the molecule is N#CNc1cc(NC(=O)C2CCC2)ccc1N1CCOCC1. The van der Waals surface area contributed by atoms with Gasteiger partial charge in [-0.3, -0.25) is 10.1 Å². The molecule has 1 heterocycles. The van der Waals surface area contributed by atoms with Crippen LogP contribution < -0.4 is 15.5 Å². The van der Waals surface area contributed by atoms with Crippen LogP contribution in [0, 0.1) is 17.4 Å². The van der Waals surface area contributed by atoms with Crippen LogP contribution in [0.4, 0.5) is 17.1 Å². The van der Waals surface area contributed by atoms with Crippen molar-refractivity contribution in [1.82, 2.24) is 0 Å². The third-order valence-electron chi connectivity index (χ3n) is 4.28. The van der Waals surface area contributed by atoms with Gasteiger partial charge in [0.15, 0.2) is 6.19 Å². The van der Waals surface area contributed by atoms with Crippen LogP contribution in [0.3, 0.4) is 0 Å². The molecule has 1 saturated heterocycles. The van der Waals surface area contributed by atoms with E-state index in [4.69, 9.17) is 10.00 Å². The number of ether oxygens (including phenoxy) is 1. The molecule has 0 bridgehead atoms. The van der Waals surface area contributed by atoms with Gasteiger partial charge in [0.2, 0.25) is 5.91 Å². The molecule has 1 saturated carbocycles. The molecule has 1 aromatic rings. The Morgan fingerprint density at radius 3 is 2.73 bits per heavy atom. The lowest BCUT2D eigenvalue weighted by Crippen LogP contribution is -2.36. The Morgan fingerprint density at radius 2 is 2.09 bits per heavy atom. The van der Waals surface area contributed by atoms with Gasteiger partial charge in [0.05, 0.1) is 24.6 Å². The van der Waals surface area contributed by atoms with Crippen LogP contribution in [-0.4, -0.2) is 32.2 Å². The van der Waals surface area contributed by atoms with Gasteiger partial charge in [-0.05, 0) is 31.0 Å². The highest BCUT2D eigenvalue weighted by molar-refractivity contribution is 5.94. The highest BCUT2D eigenvalue weighted by atomic mass is 16.5. The summed E-state index contributed by atoms with van der Waals surface area (Å²) in [5.74, 6) is 0.222. The first kappa shape index (κ1) is 14.7. The Labute approximate surface area is 130 Å². The van der Waals surface area contributed by atoms with Gasteiger partial charge in [0.25, 0.3) is 0 Å². The van der Waals surface area contributed by atoms with E-state index in [9.17, 15) is 4.79 Å². The van der Waals surface area contributed by atoms with Gasteiger partial charge >= 0.3 is 0 Å². The average molecular weight is 300 g/mol. The fourth-order valence-electron chi connectivity index (χ4n) is 2.77. The Kier molecular flexibility index (Phi) is 4.45. The summed E-state index contributed by atoms with van der Waals surface area (Å²) in [6, 6.07) is 5.66. The molecule has 0 atom stereocenters. The monoisotopic (exact) mass is 300 g/mol. The predicted molar refractivity (Wildman–Crippen MR) is 84.7 cm³/mol. The summed E-state index contributed by atoms with van der Waals surface area (Å²) in [7, 11) is 0. The maximum absolute atomic E-state index is 12.0.